The minimum Gasteiger partial charge on any atom is -0.481 e. The van der Waals surface area contributed by atoms with Gasteiger partial charge in [0.15, 0.2) is 0 Å². The summed E-state index contributed by atoms with van der Waals surface area (Å²) in [5.74, 6) is -0.557. The Morgan fingerprint density at radius 1 is 1.30 bits per heavy atom. The molecule has 20 heavy (non-hydrogen) atoms. The van der Waals surface area contributed by atoms with Gasteiger partial charge in [0.05, 0.1) is 6.42 Å². The summed E-state index contributed by atoms with van der Waals surface area (Å²) in [5, 5.41) is 8.81. The predicted octanol–water partition coefficient (Wildman–Crippen LogP) is 1.62. The molecule has 108 valence electrons. The normalized spacial score (nSPS) is 15.7. The summed E-state index contributed by atoms with van der Waals surface area (Å²) in [6.45, 7) is 0.176. The third-order valence-electron chi connectivity index (χ3n) is 3.56. The summed E-state index contributed by atoms with van der Waals surface area (Å²) in [6, 6.07) is 9.02. The number of carboxylic acids is 1. The predicted molar refractivity (Wildman–Crippen MR) is 76.4 cm³/mol. The molecule has 0 bridgehead atoms. The molecule has 0 saturated heterocycles. The molecule has 1 aromatic carbocycles. The van der Waals surface area contributed by atoms with Gasteiger partial charge in [0.25, 0.3) is 0 Å². The largest absolute Gasteiger partial charge is 0.481 e. The van der Waals surface area contributed by atoms with E-state index in [2.05, 4.69) is 0 Å². The van der Waals surface area contributed by atoms with Crippen LogP contribution in [0.5, 0.6) is 0 Å². The van der Waals surface area contributed by atoms with Crippen LogP contribution in [0.3, 0.4) is 0 Å². The molecular formula is C15H20N2O3. The van der Waals surface area contributed by atoms with Crippen LogP contribution in [0.1, 0.15) is 25.7 Å². The van der Waals surface area contributed by atoms with Crippen molar-refractivity contribution in [2.45, 2.75) is 31.7 Å². The van der Waals surface area contributed by atoms with E-state index in [0.29, 0.717) is 5.92 Å². The molecule has 1 aromatic rings. The molecule has 1 saturated carbocycles. The van der Waals surface area contributed by atoms with Crippen molar-refractivity contribution in [1.29, 1.82) is 0 Å². The molecule has 0 aromatic heterocycles. The molecule has 5 nitrogen and oxygen atoms in total. The number of hydrogen-bond donors (Lipinski definition) is 2. The van der Waals surface area contributed by atoms with Gasteiger partial charge in [-0.2, -0.15) is 0 Å². The highest BCUT2D eigenvalue weighted by Gasteiger charge is 2.31. The van der Waals surface area contributed by atoms with E-state index in [4.69, 9.17) is 10.8 Å². The number of carbonyl (C=O) groups excluding carboxylic acids is 1. The van der Waals surface area contributed by atoms with Crippen molar-refractivity contribution in [2.24, 2.45) is 11.7 Å². The number of aliphatic carboxylic acids is 1. The Labute approximate surface area is 118 Å². The maximum absolute atomic E-state index is 12.4. The Kier molecular flexibility index (Phi) is 4.74. The van der Waals surface area contributed by atoms with Gasteiger partial charge < -0.3 is 15.7 Å². The number of nitrogens with zero attached hydrogens (tertiary/aromatic N) is 1. The van der Waals surface area contributed by atoms with Gasteiger partial charge >= 0.3 is 5.97 Å². The van der Waals surface area contributed by atoms with Crippen LogP contribution in [0.2, 0.25) is 0 Å². The first kappa shape index (κ1) is 14.5. The molecule has 1 atom stereocenters. The first-order valence-corrected chi connectivity index (χ1v) is 6.90. The second-order valence-corrected chi connectivity index (χ2v) is 5.23. The molecule has 1 fully saturated rings. The summed E-state index contributed by atoms with van der Waals surface area (Å²) in [4.78, 5) is 24.6. The monoisotopic (exact) mass is 276 g/mol. The Morgan fingerprint density at radius 2 is 1.95 bits per heavy atom. The zero-order valence-electron chi connectivity index (χ0n) is 11.4. The summed E-state index contributed by atoms with van der Waals surface area (Å²) in [5.41, 5.74) is 6.71. The molecule has 1 amide bonds. The van der Waals surface area contributed by atoms with Crippen LogP contribution < -0.4 is 10.6 Å². The van der Waals surface area contributed by atoms with Gasteiger partial charge in [-0.05, 0) is 30.9 Å². The van der Waals surface area contributed by atoms with Gasteiger partial charge in [0.2, 0.25) is 5.91 Å². The number of hydrogen-bond acceptors (Lipinski definition) is 3. The maximum Gasteiger partial charge on any atom is 0.305 e. The summed E-state index contributed by atoms with van der Waals surface area (Å²) < 4.78 is 0. The first-order chi connectivity index (χ1) is 9.58. The smallest absolute Gasteiger partial charge is 0.305 e. The molecule has 1 unspecified atom stereocenters. The van der Waals surface area contributed by atoms with Crippen molar-refractivity contribution in [1.82, 2.24) is 0 Å². The van der Waals surface area contributed by atoms with E-state index in [1.165, 1.54) is 4.90 Å². The van der Waals surface area contributed by atoms with E-state index in [1.807, 2.05) is 30.3 Å². The standard InChI is InChI=1S/C15H20N2O3/c16-13(11-6-7-11)10-14(18)17(9-8-15(19)20)12-4-2-1-3-5-12/h1-5,11,13H,6-10,16H2,(H,19,20). The van der Waals surface area contributed by atoms with Gasteiger partial charge in [0, 0.05) is 24.7 Å². The molecule has 1 aliphatic rings. The zero-order chi connectivity index (χ0) is 14.5. The van der Waals surface area contributed by atoms with E-state index >= 15 is 0 Å². The van der Waals surface area contributed by atoms with E-state index < -0.39 is 5.97 Å². The molecule has 0 radical (unpaired) electrons. The molecule has 5 heteroatoms. The first-order valence-electron chi connectivity index (χ1n) is 6.90. The van der Waals surface area contributed by atoms with Crippen molar-refractivity contribution >= 4 is 17.6 Å². The molecular weight excluding hydrogens is 256 g/mol. The van der Waals surface area contributed by atoms with Crippen LogP contribution in [0.15, 0.2) is 30.3 Å². The number of benzene rings is 1. The SMILES string of the molecule is NC(CC(=O)N(CCC(=O)O)c1ccccc1)C1CC1. The number of carboxylic acid groups (broad SMARTS) is 1. The van der Waals surface area contributed by atoms with Crippen molar-refractivity contribution in [2.75, 3.05) is 11.4 Å². The average Bonchev–Trinajstić information content (AvgIpc) is 3.24. The summed E-state index contributed by atoms with van der Waals surface area (Å²) in [6.07, 6.45) is 2.39. The van der Waals surface area contributed by atoms with Gasteiger partial charge in [0.1, 0.15) is 0 Å². The molecule has 0 spiro atoms. The van der Waals surface area contributed by atoms with E-state index in [-0.39, 0.29) is 31.3 Å². The molecule has 0 aliphatic heterocycles. The lowest BCUT2D eigenvalue weighted by molar-refractivity contribution is -0.136. The number of carbonyl (C=O) groups is 2. The van der Waals surface area contributed by atoms with Gasteiger partial charge in [-0.3, -0.25) is 9.59 Å². The lowest BCUT2D eigenvalue weighted by Gasteiger charge is -2.23. The Bertz CT molecular complexity index is 471. The van der Waals surface area contributed by atoms with Crippen molar-refractivity contribution < 1.29 is 14.7 Å². The van der Waals surface area contributed by atoms with Gasteiger partial charge in [-0.1, -0.05) is 18.2 Å². The Morgan fingerprint density at radius 3 is 2.50 bits per heavy atom. The molecule has 2 rings (SSSR count). The number of para-hydroxylation sites is 1. The number of nitrogens with two attached hydrogens (primary N) is 1. The van der Waals surface area contributed by atoms with E-state index in [0.717, 1.165) is 18.5 Å². The van der Waals surface area contributed by atoms with Crippen LogP contribution >= 0.6 is 0 Å². The third-order valence-corrected chi connectivity index (χ3v) is 3.56. The van der Waals surface area contributed by atoms with Crippen LogP contribution in [-0.2, 0) is 9.59 Å². The lowest BCUT2D eigenvalue weighted by atomic mass is 10.1. The second kappa shape index (κ2) is 6.52. The fourth-order valence-corrected chi connectivity index (χ4v) is 2.22. The number of anilines is 1. The molecule has 0 heterocycles. The zero-order valence-corrected chi connectivity index (χ0v) is 11.4. The summed E-state index contributed by atoms with van der Waals surface area (Å²) in [7, 11) is 0. The fraction of sp³-hybridized carbons (Fsp3) is 0.467. The Balaban J connectivity index is 2.04. The van der Waals surface area contributed by atoms with E-state index in [1.54, 1.807) is 0 Å². The minimum atomic E-state index is -0.912. The van der Waals surface area contributed by atoms with Crippen LogP contribution in [0.4, 0.5) is 5.69 Å². The van der Waals surface area contributed by atoms with Crippen molar-refractivity contribution in [3.8, 4) is 0 Å². The van der Waals surface area contributed by atoms with Crippen molar-refractivity contribution in [3.63, 3.8) is 0 Å². The second-order valence-electron chi connectivity index (χ2n) is 5.23. The third kappa shape index (κ3) is 4.06. The van der Waals surface area contributed by atoms with Gasteiger partial charge in [-0.25, -0.2) is 0 Å². The molecule has 3 N–H and O–H groups in total. The molecule has 1 aliphatic carbocycles. The van der Waals surface area contributed by atoms with Crippen LogP contribution in [-0.4, -0.2) is 29.6 Å². The van der Waals surface area contributed by atoms with Gasteiger partial charge in [-0.15, -0.1) is 0 Å². The van der Waals surface area contributed by atoms with Crippen LogP contribution in [0, 0.1) is 5.92 Å². The minimum absolute atomic E-state index is 0.0701. The maximum atomic E-state index is 12.4. The number of amides is 1. The number of rotatable bonds is 7. The highest BCUT2D eigenvalue weighted by atomic mass is 16.4. The topological polar surface area (TPSA) is 83.6 Å². The lowest BCUT2D eigenvalue weighted by Crippen LogP contribution is -2.38. The van der Waals surface area contributed by atoms with Crippen LogP contribution in [0.25, 0.3) is 0 Å². The average molecular weight is 276 g/mol. The quantitative estimate of drug-likeness (QED) is 0.792. The van der Waals surface area contributed by atoms with Crippen molar-refractivity contribution in [3.05, 3.63) is 30.3 Å². The highest BCUT2D eigenvalue weighted by molar-refractivity contribution is 5.94. The fourth-order valence-electron chi connectivity index (χ4n) is 2.22. The van der Waals surface area contributed by atoms with E-state index in [9.17, 15) is 9.59 Å². The highest BCUT2D eigenvalue weighted by Crippen LogP contribution is 2.33. The Hall–Kier alpha value is -1.88. The summed E-state index contributed by atoms with van der Waals surface area (Å²) >= 11 is 0.